The lowest BCUT2D eigenvalue weighted by atomic mass is 9.89. The van der Waals surface area contributed by atoms with Gasteiger partial charge in [-0.25, -0.2) is 8.78 Å². The summed E-state index contributed by atoms with van der Waals surface area (Å²) in [6.45, 7) is 29.1. The van der Waals surface area contributed by atoms with Crippen molar-refractivity contribution in [2.24, 2.45) is 0 Å². The smallest absolute Gasteiger partial charge is 0.133 e. The van der Waals surface area contributed by atoms with Crippen molar-refractivity contribution < 1.29 is 8.78 Å². The Morgan fingerprint density at radius 1 is 1.03 bits per heavy atom. The molecule has 0 saturated heterocycles. The highest BCUT2D eigenvalue weighted by molar-refractivity contribution is 6.03. The van der Waals surface area contributed by atoms with Crippen molar-refractivity contribution in [3.05, 3.63) is 126 Å². The van der Waals surface area contributed by atoms with Gasteiger partial charge in [0.25, 0.3) is 0 Å². The molecule has 1 aliphatic rings. The zero-order chi connectivity index (χ0) is 29.4. The van der Waals surface area contributed by atoms with E-state index in [1.165, 1.54) is 17.0 Å². The number of hydrogen-bond acceptors (Lipinski definition) is 0. The third kappa shape index (κ3) is 6.47. The molecule has 1 aliphatic carbocycles. The van der Waals surface area contributed by atoms with Gasteiger partial charge in [-0.3, -0.25) is 0 Å². The maximum Gasteiger partial charge on any atom is 0.133 e. The number of aryl methyl sites for hydroxylation is 2. The molecule has 0 atom stereocenters. The van der Waals surface area contributed by atoms with Gasteiger partial charge < -0.3 is 4.57 Å². The number of hydrogen-bond donors (Lipinski definition) is 0. The highest BCUT2D eigenvalue weighted by atomic mass is 19.1. The van der Waals surface area contributed by atoms with Crippen LogP contribution in [0.15, 0.2) is 86.0 Å². The van der Waals surface area contributed by atoms with Crippen molar-refractivity contribution >= 4 is 27.6 Å². The molecule has 0 aliphatic heterocycles. The van der Waals surface area contributed by atoms with E-state index in [4.69, 9.17) is 0 Å². The molecule has 3 heteroatoms. The Hall–Kier alpha value is -3.72. The van der Waals surface area contributed by atoms with E-state index in [9.17, 15) is 8.78 Å². The number of fused-ring (bicyclic) bond motifs is 1. The monoisotopic (exact) mass is 527 g/mol. The van der Waals surface area contributed by atoms with Gasteiger partial charge in [0.1, 0.15) is 11.6 Å². The average Bonchev–Trinajstić information content (AvgIpc) is 3.23. The molecule has 1 nitrogen and oxygen atoms in total. The van der Waals surface area contributed by atoms with E-state index in [0.29, 0.717) is 17.7 Å². The van der Waals surface area contributed by atoms with Crippen molar-refractivity contribution in [3.8, 4) is 0 Å². The van der Waals surface area contributed by atoms with E-state index in [0.717, 1.165) is 63.5 Å². The molecule has 0 fully saturated rings. The van der Waals surface area contributed by atoms with Crippen LogP contribution < -0.4 is 0 Å². The molecular weight excluding hydrogens is 484 g/mol. The zero-order valence-corrected chi connectivity index (χ0v) is 24.8. The molecule has 0 amide bonds. The topological polar surface area (TPSA) is 4.93 Å². The third-order valence-electron chi connectivity index (χ3n) is 7.02. The zero-order valence-electron chi connectivity index (χ0n) is 24.8. The Bertz CT molecular complexity index is 1450. The predicted octanol–water partition coefficient (Wildman–Crippen LogP) is 11.0. The van der Waals surface area contributed by atoms with Crippen LogP contribution in [0.4, 0.5) is 8.78 Å². The normalized spacial score (nSPS) is 13.2. The number of rotatable bonds is 6. The molecule has 0 N–H and O–H groups in total. The van der Waals surface area contributed by atoms with Crippen LogP contribution in [0.2, 0.25) is 0 Å². The average molecular weight is 528 g/mol. The first-order valence-electron chi connectivity index (χ1n) is 13.6. The van der Waals surface area contributed by atoms with E-state index in [1.54, 1.807) is 6.92 Å². The molecule has 1 aromatic heterocycles. The quantitative estimate of drug-likeness (QED) is 0.281. The molecule has 0 spiro atoms. The van der Waals surface area contributed by atoms with Crippen LogP contribution in [0.5, 0.6) is 0 Å². The van der Waals surface area contributed by atoms with Crippen LogP contribution in [0, 0.1) is 18.6 Å². The summed E-state index contributed by atoms with van der Waals surface area (Å²) >= 11 is 0. The van der Waals surface area contributed by atoms with E-state index < -0.39 is 11.6 Å². The summed E-state index contributed by atoms with van der Waals surface area (Å²) in [6.07, 6.45) is 8.13. The molecule has 3 aromatic rings. The number of benzene rings is 2. The minimum atomic E-state index is -0.554. The van der Waals surface area contributed by atoms with Crippen molar-refractivity contribution in [2.75, 3.05) is 0 Å². The third-order valence-corrected chi connectivity index (χ3v) is 7.02. The molecule has 39 heavy (non-hydrogen) atoms. The van der Waals surface area contributed by atoms with Gasteiger partial charge in [-0.1, -0.05) is 63.8 Å². The fourth-order valence-corrected chi connectivity index (χ4v) is 5.11. The number of aromatic nitrogens is 1. The van der Waals surface area contributed by atoms with Gasteiger partial charge in [-0.05, 0) is 92.2 Å². The first kappa shape index (κ1) is 31.5. The molecule has 0 unspecified atom stereocenters. The number of halogens is 2. The molecule has 0 bridgehead atoms. The summed E-state index contributed by atoms with van der Waals surface area (Å²) in [5.74, 6) is -1.08. The Kier molecular flexibility index (Phi) is 11.2. The summed E-state index contributed by atoms with van der Waals surface area (Å²) < 4.78 is 30.8. The van der Waals surface area contributed by atoms with Crippen LogP contribution >= 0.6 is 0 Å². The minimum Gasteiger partial charge on any atom is -0.336 e. The summed E-state index contributed by atoms with van der Waals surface area (Å²) in [5, 5.41) is 1.18. The fourth-order valence-electron chi connectivity index (χ4n) is 5.11. The van der Waals surface area contributed by atoms with Crippen molar-refractivity contribution in [3.63, 3.8) is 0 Å². The second kappa shape index (κ2) is 13.9. The summed E-state index contributed by atoms with van der Waals surface area (Å²) in [4.78, 5) is 0. The van der Waals surface area contributed by atoms with Crippen molar-refractivity contribution in [1.29, 1.82) is 0 Å². The van der Waals surface area contributed by atoms with Gasteiger partial charge in [-0.2, -0.15) is 0 Å². The molecular formula is C36H43F2N. The van der Waals surface area contributed by atoms with Gasteiger partial charge >= 0.3 is 0 Å². The summed E-state index contributed by atoms with van der Waals surface area (Å²) in [5.41, 5.74) is 10.7. The molecule has 1 heterocycles. The second-order valence-corrected chi connectivity index (χ2v) is 9.60. The first-order valence-corrected chi connectivity index (χ1v) is 13.6. The molecule has 2 aromatic carbocycles. The SMILES string of the molecule is C=C.C=C1CC=CC=C1c1c(C(=C)C)n(C/C(C)=C(\C)c2c(C)cc(F)cc2F)c2ccc(CC)cc12.CC. The first-order chi connectivity index (χ1) is 18.6. The van der Waals surface area contributed by atoms with Gasteiger partial charge in [-0.15, -0.1) is 13.2 Å². The fraction of sp³-hybridized carbons (Fsp3) is 0.278. The van der Waals surface area contributed by atoms with E-state index in [2.05, 4.69) is 74.2 Å². The van der Waals surface area contributed by atoms with Gasteiger partial charge in [0.2, 0.25) is 0 Å². The summed E-state index contributed by atoms with van der Waals surface area (Å²) in [7, 11) is 0. The Morgan fingerprint density at radius 2 is 1.69 bits per heavy atom. The summed E-state index contributed by atoms with van der Waals surface area (Å²) in [6, 6.07) is 8.97. The Balaban J connectivity index is 0.00000127. The molecule has 0 radical (unpaired) electrons. The maximum absolute atomic E-state index is 14.8. The highest BCUT2D eigenvalue weighted by Crippen LogP contribution is 2.41. The van der Waals surface area contributed by atoms with E-state index in [1.807, 2.05) is 34.6 Å². The highest BCUT2D eigenvalue weighted by Gasteiger charge is 2.23. The lowest BCUT2D eigenvalue weighted by Gasteiger charge is -2.18. The lowest BCUT2D eigenvalue weighted by molar-refractivity contribution is 0.578. The van der Waals surface area contributed by atoms with Gasteiger partial charge in [0.05, 0.1) is 5.69 Å². The largest absolute Gasteiger partial charge is 0.336 e. The molecule has 0 saturated carbocycles. The standard InChI is InChI=1S/C32H33F2N.C2H6.C2H4/c1-8-24-13-14-29-27(16-24)31(26-12-10-9-11-20(26)4)32(19(2)3)35(29)18-22(6)23(7)30-21(5)15-25(33)17-28(30)34;2*1-2/h9-10,12-17H,2,4,8,11,18H2,1,3,5-7H3;1-2H3;1-2H2/b23-22+;;. The van der Waals surface area contributed by atoms with Crippen LogP contribution in [0.1, 0.15) is 75.9 Å². The maximum atomic E-state index is 14.8. The van der Waals surface area contributed by atoms with Crippen LogP contribution in [0.25, 0.3) is 27.6 Å². The van der Waals surface area contributed by atoms with Crippen molar-refractivity contribution in [2.45, 2.75) is 67.9 Å². The van der Waals surface area contributed by atoms with Gasteiger partial charge in [0, 0.05) is 34.6 Å². The molecule has 4 rings (SSSR count). The van der Waals surface area contributed by atoms with Crippen molar-refractivity contribution in [1.82, 2.24) is 4.57 Å². The van der Waals surface area contributed by atoms with Gasteiger partial charge in [0.15, 0.2) is 0 Å². The Labute approximate surface area is 234 Å². The van der Waals surface area contributed by atoms with E-state index in [-0.39, 0.29) is 0 Å². The van der Waals surface area contributed by atoms with E-state index >= 15 is 0 Å². The van der Waals surface area contributed by atoms with Crippen LogP contribution in [-0.2, 0) is 13.0 Å². The lowest BCUT2D eigenvalue weighted by Crippen LogP contribution is -2.07. The van der Waals surface area contributed by atoms with Crippen LogP contribution in [0.3, 0.4) is 0 Å². The second-order valence-electron chi connectivity index (χ2n) is 9.60. The van der Waals surface area contributed by atoms with Crippen LogP contribution in [-0.4, -0.2) is 4.57 Å². The molecule has 206 valence electrons. The predicted molar refractivity (Wildman–Crippen MR) is 169 cm³/mol. The minimum absolute atomic E-state index is 0.472. The Morgan fingerprint density at radius 3 is 2.26 bits per heavy atom. The number of nitrogens with zero attached hydrogens (tertiary/aromatic N) is 1. The number of allylic oxidation sites excluding steroid dienone is 8.